The van der Waals surface area contributed by atoms with Gasteiger partial charge >= 0.3 is 0 Å². The maximum Gasteiger partial charge on any atom is 0.245 e. The van der Waals surface area contributed by atoms with Crippen molar-refractivity contribution >= 4 is 44.2 Å². The molecular weight excluding hydrogens is 450 g/mol. The van der Waals surface area contributed by atoms with Gasteiger partial charge in [-0.2, -0.15) is 4.72 Å². The molecule has 2 saturated heterocycles. The topological polar surface area (TPSA) is 86.8 Å². The van der Waals surface area contributed by atoms with E-state index in [4.69, 9.17) is 11.6 Å². The average Bonchev–Trinajstić information content (AvgIpc) is 3.12. The second-order valence-electron chi connectivity index (χ2n) is 8.70. The smallest absolute Gasteiger partial charge is 0.245 e. The van der Waals surface area contributed by atoms with Crippen LogP contribution in [0.5, 0.6) is 0 Å². The van der Waals surface area contributed by atoms with Crippen LogP contribution in [0.15, 0.2) is 41.3 Å². The van der Waals surface area contributed by atoms with Gasteiger partial charge in [-0.05, 0) is 74.6 Å². The number of likely N-dealkylation sites (tertiary alicyclic amines) is 2. The zero-order chi connectivity index (χ0) is 23.0. The predicted molar refractivity (Wildman–Crippen MR) is 124 cm³/mol. The third-order valence-electron chi connectivity index (χ3n) is 6.53. The highest BCUT2D eigenvalue weighted by molar-refractivity contribution is 7.89. The van der Waals surface area contributed by atoms with E-state index in [2.05, 4.69) is 4.72 Å². The average molecular weight is 478 g/mol. The number of fused-ring (bicyclic) bond motifs is 1. The number of hydrogen-bond acceptors (Lipinski definition) is 4. The van der Waals surface area contributed by atoms with Crippen LogP contribution in [0, 0.1) is 0 Å². The molecule has 2 heterocycles. The van der Waals surface area contributed by atoms with Gasteiger partial charge in [-0.25, -0.2) is 8.42 Å². The molecule has 32 heavy (non-hydrogen) atoms. The second-order valence-corrected chi connectivity index (χ2v) is 10.9. The minimum atomic E-state index is -3.90. The van der Waals surface area contributed by atoms with Crippen molar-refractivity contribution in [1.29, 1.82) is 0 Å². The number of halogens is 1. The Morgan fingerprint density at radius 2 is 1.81 bits per heavy atom. The quantitative estimate of drug-likeness (QED) is 0.716. The lowest BCUT2D eigenvalue weighted by atomic mass is 10.0. The molecule has 2 aromatic rings. The summed E-state index contributed by atoms with van der Waals surface area (Å²) in [5.74, 6) is -0.422. The molecule has 2 aliphatic heterocycles. The van der Waals surface area contributed by atoms with E-state index in [1.807, 2.05) is 11.8 Å². The molecule has 3 unspecified atom stereocenters. The molecule has 4 rings (SSSR count). The molecule has 0 spiro atoms. The van der Waals surface area contributed by atoms with Crippen molar-refractivity contribution in [3.8, 4) is 0 Å². The lowest BCUT2D eigenvalue weighted by molar-refractivity contribution is -0.145. The van der Waals surface area contributed by atoms with Crippen LogP contribution >= 0.6 is 11.6 Å². The van der Waals surface area contributed by atoms with Gasteiger partial charge in [-0.15, -0.1) is 0 Å². The van der Waals surface area contributed by atoms with Gasteiger partial charge in [0.2, 0.25) is 21.8 Å². The van der Waals surface area contributed by atoms with Crippen LogP contribution in [0.2, 0.25) is 5.02 Å². The SMILES string of the molecule is CC1CCCCN1C(=O)C(C)N1CCC(NS(=O)(=O)c2ccc3cc(Cl)ccc3c2)C1=O. The molecule has 2 fully saturated rings. The standard InChI is InChI=1S/C23H28ClN3O4S/c1-15-5-3-4-11-26(15)22(28)16(2)27-12-10-21(23(27)29)25-32(30,31)20-9-7-17-13-19(24)8-6-18(17)14-20/h6-9,13-16,21,25H,3-5,10-12H2,1-2H3. The van der Waals surface area contributed by atoms with Crippen molar-refractivity contribution < 1.29 is 18.0 Å². The predicted octanol–water partition coefficient (Wildman–Crippen LogP) is 3.16. The van der Waals surface area contributed by atoms with Crippen molar-refractivity contribution in [2.24, 2.45) is 0 Å². The zero-order valence-corrected chi connectivity index (χ0v) is 19.8. The Hall–Kier alpha value is -2.16. The first-order valence-corrected chi connectivity index (χ1v) is 12.9. The van der Waals surface area contributed by atoms with Crippen molar-refractivity contribution in [2.75, 3.05) is 13.1 Å². The summed E-state index contributed by atoms with van der Waals surface area (Å²) >= 11 is 6.00. The van der Waals surface area contributed by atoms with E-state index in [1.165, 1.54) is 11.0 Å². The van der Waals surface area contributed by atoms with Gasteiger partial charge in [0.15, 0.2) is 0 Å². The van der Waals surface area contributed by atoms with Crippen LogP contribution in [0.3, 0.4) is 0 Å². The van der Waals surface area contributed by atoms with Gasteiger partial charge in [-0.3, -0.25) is 9.59 Å². The molecule has 172 valence electrons. The second kappa shape index (κ2) is 9.00. The Bertz CT molecular complexity index is 1150. The van der Waals surface area contributed by atoms with E-state index >= 15 is 0 Å². The minimum absolute atomic E-state index is 0.0674. The van der Waals surface area contributed by atoms with E-state index < -0.39 is 22.1 Å². The molecule has 0 bridgehead atoms. The third kappa shape index (κ3) is 4.49. The van der Waals surface area contributed by atoms with E-state index in [0.717, 1.165) is 30.0 Å². The number of piperidine rings is 1. The molecule has 2 aliphatic rings. The Morgan fingerprint density at radius 1 is 1.09 bits per heavy atom. The van der Waals surface area contributed by atoms with Crippen LogP contribution in [0.4, 0.5) is 0 Å². The fraction of sp³-hybridized carbons (Fsp3) is 0.478. The molecule has 0 radical (unpaired) electrons. The fourth-order valence-corrected chi connectivity index (χ4v) is 6.05. The lowest BCUT2D eigenvalue weighted by Crippen LogP contribution is -2.53. The largest absolute Gasteiger partial charge is 0.338 e. The summed E-state index contributed by atoms with van der Waals surface area (Å²) in [6.45, 7) is 4.81. The summed E-state index contributed by atoms with van der Waals surface area (Å²) in [6.07, 6.45) is 3.37. The number of nitrogens with zero attached hydrogens (tertiary/aromatic N) is 2. The van der Waals surface area contributed by atoms with E-state index in [0.29, 0.717) is 24.5 Å². The molecule has 0 aliphatic carbocycles. The third-order valence-corrected chi connectivity index (χ3v) is 8.24. The lowest BCUT2D eigenvalue weighted by Gasteiger charge is -2.37. The highest BCUT2D eigenvalue weighted by Gasteiger charge is 2.40. The van der Waals surface area contributed by atoms with Crippen LogP contribution in [0.1, 0.15) is 39.5 Å². The number of carbonyl (C=O) groups is 2. The molecule has 1 N–H and O–H groups in total. The first-order chi connectivity index (χ1) is 15.2. The number of nitrogens with one attached hydrogen (secondary N) is 1. The minimum Gasteiger partial charge on any atom is -0.338 e. The maximum absolute atomic E-state index is 13.0. The highest BCUT2D eigenvalue weighted by Crippen LogP contribution is 2.25. The number of sulfonamides is 1. The maximum atomic E-state index is 13.0. The van der Waals surface area contributed by atoms with Gasteiger partial charge < -0.3 is 9.80 Å². The van der Waals surface area contributed by atoms with Gasteiger partial charge in [0.1, 0.15) is 12.1 Å². The van der Waals surface area contributed by atoms with Crippen LogP contribution in [-0.4, -0.2) is 61.2 Å². The summed E-state index contributed by atoms with van der Waals surface area (Å²) in [4.78, 5) is 29.4. The molecule has 0 saturated carbocycles. The summed E-state index contributed by atoms with van der Waals surface area (Å²) in [5, 5.41) is 2.15. The number of carbonyl (C=O) groups excluding carboxylic acids is 2. The highest BCUT2D eigenvalue weighted by atomic mass is 35.5. The number of hydrogen-bond donors (Lipinski definition) is 1. The van der Waals surface area contributed by atoms with Crippen LogP contribution in [-0.2, 0) is 19.6 Å². The Balaban J connectivity index is 1.46. The summed E-state index contributed by atoms with van der Waals surface area (Å²) < 4.78 is 28.5. The Labute approximate surface area is 193 Å². The van der Waals surface area contributed by atoms with E-state index in [9.17, 15) is 18.0 Å². The molecule has 3 atom stereocenters. The van der Waals surface area contributed by atoms with E-state index in [1.54, 1.807) is 37.3 Å². The Kier molecular flexibility index (Phi) is 6.47. The van der Waals surface area contributed by atoms with Crippen LogP contribution in [0.25, 0.3) is 10.8 Å². The van der Waals surface area contributed by atoms with Crippen molar-refractivity contribution in [1.82, 2.24) is 14.5 Å². The summed E-state index contributed by atoms with van der Waals surface area (Å²) in [6, 6.07) is 8.66. The molecule has 2 amide bonds. The fourth-order valence-electron chi connectivity index (χ4n) is 4.61. The molecular formula is C23H28ClN3O4S. The summed E-state index contributed by atoms with van der Waals surface area (Å²) in [7, 11) is -3.90. The zero-order valence-electron chi connectivity index (χ0n) is 18.3. The van der Waals surface area contributed by atoms with Gasteiger partial charge in [0.05, 0.1) is 4.90 Å². The van der Waals surface area contributed by atoms with E-state index in [-0.39, 0.29) is 22.8 Å². The van der Waals surface area contributed by atoms with Crippen LogP contribution < -0.4 is 4.72 Å². The van der Waals surface area contributed by atoms with Crippen molar-refractivity contribution in [2.45, 2.75) is 62.6 Å². The first-order valence-electron chi connectivity index (χ1n) is 11.0. The number of amides is 2. The monoisotopic (exact) mass is 477 g/mol. The normalized spacial score (nSPS) is 23.0. The Morgan fingerprint density at radius 3 is 2.56 bits per heavy atom. The molecule has 9 heteroatoms. The summed E-state index contributed by atoms with van der Waals surface area (Å²) in [5.41, 5.74) is 0. The van der Waals surface area contributed by atoms with Gasteiger partial charge in [0, 0.05) is 24.2 Å². The van der Waals surface area contributed by atoms with Gasteiger partial charge in [0.25, 0.3) is 0 Å². The number of rotatable bonds is 5. The molecule has 0 aromatic heterocycles. The first kappa shape index (κ1) is 23.0. The molecule has 7 nitrogen and oxygen atoms in total. The molecule has 2 aromatic carbocycles. The number of benzene rings is 2. The van der Waals surface area contributed by atoms with Crippen molar-refractivity contribution in [3.05, 3.63) is 41.4 Å². The van der Waals surface area contributed by atoms with Gasteiger partial charge in [-0.1, -0.05) is 23.7 Å². The van der Waals surface area contributed by atoms with Crippen molar-refractivity contribution in [3.63, 3.8) is 0 Å².